The predicted molar refractivity (Wildman–Crippen MR) is 585 cm³/mol. The molecule has 0 saturated heterocycles. The smallest absolute Gasteiger partial charge is 0.0494 e. The molecule has 5 heterocycles. The molecule has 1 aliphatic carbocycles. The third-order valence-corrected chi connectivity index (χ3v) is 23.2. The Morgan fingerprint density at radius 2 is 0.473 bits per heavy atom. The molecule has 1 aliphatic rings. The minimum atomic E-state index is 0.519. The molecule has 5 aromatic heterocycles. The lowest BCUT2D eigenvalue weighted by Gasteiger charge is -2.23. The molecular formula is C121H172N8. The fraction of sp³-hybridized carbons (Fsp3) is 0.405. The lowest BCUT2D eigenvalue weighted by molar-refractivity contribution is 0.271. The van der Waals surface area contributed by atoms with Crippen molar-refractivity contribution in [2.75, 3.05) is 19.6 Å². The number of nitrogens with zero attached hydrogens (tertiary/aromatic N) is 8. The van der Waals surface area contributed by atoms with Gasteiger partial charge in [-0.15, -0.1) is 0 Å². The maximum absolute atomic E-state index is 2.60. The maximum Gasteiger partial charge on any atom is 0.0494 e. The van der Waals surface area contributed by atoms with Crippen LogP contribution in [-0.4, -0.2) is 57.2 Å². The molecule has 18 rings (SSSR count). The van der Waals surface area contributed by atoms with Crippen molar-refractivity contribution in [1.29, 1.82) is 0 Å². The van der Waals surface area contributed by atoms with Crippen LogP contribution in [-0.2, 0) is 72.0 Å². The fourth-order valence-electron chi connectivity index (χ4n) is 18.2. The van der Waals surface area contributed by atoms with Crippen LogP contribution in [0.25, 0.3) is 120 Å². The van der Waals surface area contributed by atoms with Gasteiger partial charge in [0.1, 0.15) is 0 Å². The highest BCUT2D eigenvalue weighted by Crippen LogP contribution is 2.48. The van der Waals surface area contributed by atoms with Gasteiger partial charge in [0.15, 0.2) is 0 Å². The second kappa shape index (κ2) is 59.7. The summed E-state index contributed by atoms with van der Waals surface area (Å²) in [5.74, 6) is 0.519. The summed E-state index contributed by atoms with van der Waals surface area (Å²) >= 11 is 0. The summed E-state index contributed by atoms with van der Waals surface area (Å²) < 4.78 is 12.2. The van der Waals surface area contributed by atoms with Gasteiger partial charge in [-0.05, 0) is 183 Å². The molecule has 8 nitrogen and oxygen atoms in total. The van der Waals surface area contributed by atoms with E-state index in [0.29, 0.717) is 5.92 Å². The van der Waals surface area contributed by atoms with Crippen LogP contribution in [0.1, 0.15) is 285 Å². The first-order valence-corrected chi connectivity index (χ1v) is 51.0. The molecule has 1 atom stereocenters. The Balaban J connectivity index is 0.000000362. The third-order valence-electron chi connectivity index (χ3n) is 23.2. The average Bonchev–Trinajstić information content (AvgIpc) is 1.61. The summed E-state index contributed by atoms with van der Waals surface area (Å²) in [6.07, 6.45) is 1.15. The number of benzene rings is 12. The van der Waals surface area contributed by atoms with Gasteiger partial charge in [-0.25, -0.2) is 0 Å². The van der Waals surface area contributed by atoms with E-state index in [4.69, 9.17) is 0 Å². The van der Waals surface area contributed by atoms with Crippen LogP contribution in [0.3, 0.4) is 0 Å². The Morgan fingerprint density at radius 1 is 0.209 bits per heavy atom. The molecule has 1 unspecified atom stereocenters. The van der Waals surface area contributed by atoms with Gasteiger partial charge in [-0.2, -0.15) is 0 Å². The Hall–Kier alpha value is -10.5. The number of aromatic nitrogens is 5. The van der Waals surface area contributed by atoms with E-state index in [1.54, 1.807) is 0 Å². The van der Waals surface area contributed by atoms with Crippen molar-refractivity contribution in [3.63, 3.8) is 0 Å². The monoisotopic (exact) mass is 1740 g/mol. The van der Waals surface area contributed by atoms with Crippen molar-refractivity contribution in [1.82, 2.24) is 37.5 Å². The van der Waals surface area contributed by atoms with Gasteiger partial charge in [-0.3, -0.25) is 14.7 Å². The summed E-state index contributed by atoms with van der Waals surface area (Å²) in [4.78, 5) is 7.71. The van der Waals surface area contributed by atoms with Crippen molar-refractivity contribution in [2.45, 2.75) is 313 Å². The van der Waals surface area contributed by atoms with Crippen molar-refractivity contribution in [3.05, 3.63) is 299 Å². The second-order valence-electron chi connectivity index (χ2n) is 28.8. The number of para-hydroxylation sites is 5. The average molecular weight is 1740 g/mol. The standard InChI is InChI=1S/C33H34N2.2C32H33N3.12C2H6/c1-4-25-26-15-7-8-16-28(26)32-23(13-11-18-27(25)32)21-34(5-2)22-24-14-12-20-31-33(24)29-17-9-10-19-30(29)35(31)6-3;1-4-33(21-23-18-19-26-25-13-7-9-15-28(25)35(6-3)31(26)20-23)22-24-12-11-17-30-32(24)27-14-8-10-16-29(27)34(30)5-2;1-4-33(21-23-16-18-31-28(19-23)26-12-8-10-14-30(26)34(31)5-2)22-24-15-17-27-25-11-7-9-13-29(25)35(6-3)32(27)20-24;12*1-2/h7-20,25H,4-6,21-22H2,1-3H3;2*7-20H,4-6,21-22H2,1-3H3;12*1-2H3. The van der Waals surface area contributed by atoms with Crippen LogP contribution in [0.15, 0.2) is 255 Å². The fourth-order valence-corrected chi connectivity index (χ4v) is 18.2. The molecule has 696 valence electrons. The summed E-state index contributed by atoms with van der Waals surface area (Å²) in [5, 5.41) is 13.7. The molecule has 0 N–H and O–H groups in total. The van der Waals surface area contributed by atoms with Crippen LogP contribution in [0.5, 0.6) is 0 Å². The van der Waals surface area contributed by atoms with Gasteiger partial charge in [-0.1, -0.05) is 382 Å². The molecule has 0 saturated carbocycles. The van der Waals surface area contributed by atoms with Gasteiger partial charge in [0, 0.05) is 187 Å². The first-order valence-electron chi connectivity index (χ1n) is 51.0. The molecule has 0 aliphatic heterocycles. The molecule has 0 amide bonds. The van der Waals surface area contributed by atoms with E-state index < -0.39 is 0 Å². The van der Waals surface area contributed by atoms with E-state index >= 15 is 0 Å². The molecular weight excluding hydrogens is 1570 g/mol. The number of fused-ring (bicyclic) bond motifs is 18. The Labute approximate surface area is 784 Å². The van der Waals surface area contributed by atoms with Crippen LogP contribution in [0.4, 0.5) is 0 Å². The van der Waals surface area contributed by atoms with Gasteiger partial charge >= 0.3 is 0 Å². The lowest BCUT2D eigenvalue weighted by Crippen LogP contribution is -2.23. The van der Waals surface area contributed by atoms with E-state index in [0.717, 1.165) is 98.0 Å². The van der Waals surface area contributed by atoms with Crippen LogP contribution < -0.4 is 0 Å². The Morgan fingerprint density at radius 3 is 0.860 bits per heavy atom. The number of aryl methyl sites for hydroxylation is 5. The second-order valence-corrected chi connectivity index (χ2v) is 28.8. The van der Waals surface area contributed by atoms with Crippen molar-refractivity contribution >= 4 is 109 Å². The summed E-state index contributed by atoms with van der Waals surface area (Å²) in [6.45, 7) is 82.0. The third kappa shape index (κ3) is 25.0. The summed E-state index contributed by atoms with van der Waals surface area (Å²) in [5.41, 5.74) is 27.7. The van der Waals surface area contributed by atoms with Gasteiger partial charge < -0.3 is 22.8 Å². The molecule has 0 spiro atoms. The van der Waals surface area contributed by atoms with E-state index in [1.807, 2.05) is 166 Å². The predicted octanol–water partition coefficient (Wildman–Crippen LogP) is 36.6. The lowest BCUT2D eigenvalue weighted by atomic mass is 9.93. The molecule has 129 heavy (non-hydrogen) atoms. The zero-order valence-electron chi connectivity index (χ0n) is 87.0. The van der Waals surface area contributed by atoms with Gasteiger partial charge in [0.25, 0.3) is 0 Å². The molecule has 17 aromatic rings. The van der Waals surface area contributed by atoms with Crippen molar-refractivity contribution in [3.8, 4) is 11.1 Å². The number of hydrogen-bond donors (Lipinski definition) is 0. The van der Waals surface area contributed by atoms with Crippen molar-refractivity contribution < 1.29 is 0 Å². The molecule has 0 bridgehead atoms. The highest BCUT2D eigenvalue weighted by Gasteiger charge is 2.30. The van der Waals surface area contributed by atoms with E-state index in [-0.39, 0.29) is 0 Å². The largest absolute Gasteiger partial charge is 0.341 e. The van der Waals surface area contributed by atoms with Crippen LogP contribution in [0, 0.1) is 0 Å². The van der Waals surface area contributed by atoms with E-state index in [9.17, 15) is 0 Å². The Bertz CT molecular complexity index is 6030. The molecule has 12 aromatic carbocycles. The Kier molecular flexibility index (Phi) is 51.3. The zero-order chi connectivity index (χ0) is 95.8. The topological polar surface area (TPSA) is 34.4 Å². The van der Waals surface area contributed by atoms with E-state index in [1.165, 1.54) is 165 Å². The normalized spacial score (nSPS) is 11.1. The SMILES string of the molecule is CC.CC.CC.CC.CC.CC.CC.CC.CC.CC.CC.CC.CCC1c2ccccc2-c2c(CN(CC)Cc3cccc4c3c3ccccc3n4CC)cccc21.CCN(Cc1ccc2c(c1)c1ccccc1n2CC)Cc1ccc2c3ccccc3n(CC)c2c1.CCN(Cc1ccc2c3ccccc3n(CC)c2c1)Cc1cccc2c1c1ccccc1n2CC. The number of hydrogen-bond acceptors (Lipinski definition) is 3. The first-order chi connectivity index (χ1) is 63.7. The van der Waals surface area contributed by atoms with Crippen LogP contribution >= 0.6 is 0 Å². The highest BCUT2D eigenvalue weighted by molar-refractivity contribution is 6.13. The van der Waals surface area contributed by atoms with E-state index in [2.05, 4.69) is 355 Å². The zero-order valence-corrected chi connectivity index (χ0v) is 87.0. The molecule has 0 radical (unpaired) electrons. The van der Waals surface area contributed by atoms with Crippen LogP contribution in [0.2, 0.25) is 0 Å². The van der Waals surface area contributed by atoms with Gasteiger partial charge in [0.2, 0.25) is 0 Å². The minimum absolute atomic E-state index is 0.519. The summed E-state index contributed by atoms with van der Waals surface area (Å²) in [6, 6.07) is 94.8. The number of rotatable bonds is 21. The minimum Gasteiger partial charge on any atom is -0.341 e. The quantitative estimate of drug-likeness (QED) is 0.0719. The molecule has 8 heteroatoms. The summed E-state index contributed by atoms with van der Waals surface area (Å²) in [7, 11) is 0. The maximum atomic E-state index is 2.60. The van der Waals surface area contributed by atoms with Crippen molar-refractivity contribution in [2.24, 2.45) is 0 Å². The van der Waals surface area contributed by atoms with Gasteiger partial charge in [0.05, 0.1) is 0 Å². The first kappa shape index (κ1) is 111. The highest BCUT2D eigenvalue weighted by atomic mass is 15.1. The molecule has 0 fully saturated rings.